The molecule has 1 atom stereocenters. The monoisotopic (exact) mass is 255 g/mol. The van der Waals surface area contributed by atoms with Crippen LogP contribution < -0.4 is 4.90 Å². The molecule has 0 bridgehead atoms. The second-order valence-corrected chi connectivity index (χ2v) is 4.80. The number of aromatic nitrogens is 2. The summed E-state index contributed by atoms with van der Waals surface area (Å²) in [6.45, 7) is 2.32. The van der Waals surface area contributed by atoms with Crippen molar-refractivity contribution >= 4 is 28.3 Å². The fraction of sp³-hybridized carbons (Fsp3) is 0.600. The molecule has 1 aromatic heterocycles. The number of anilines is 1. The molecule has 0 saturated carbocycles. The van der Waals surface area contributed by atoms with Gasteiger partial charge in [0, 0.05) is 13.0 Å². The highest BCUT2D eigenvalue weighted by Crippen LogP contribution is 2.28. The number of hydrogen-bond acceptors (Lipinski definition) is 6. The van der Waals surface area contributed by atoms with Crippen LogP contribution in [0.5, 0.6) is 0 Å². The Labute approximate surface area is 103 Å². The maximum Gasteiger partial charge on any atom is 0.311 e. The molecule has 0 spiro atoms. The van der Waals surface area contributed by atoms with E-state index in [0.717, 1.165) is 11.4 Å². The van der Waals surface area contributed by atoms with Crippen LogP contribution in [0.15, 0.2) is 0 Å². The van der Waals surface area contributed by atoms with Gasteiger partial charge in [-0.3, -0.25) is 14.5 Å². The highest BCUT2D eigenvalue weighted by Gasteiger charge is 2.37. The Morgan fingerprint density at radius 1 is 1.59 bits per heavy atom. The predicted octanol–water partition coefficient (Wildman–Crippen LogP) is 0.626. The van der Waals surface area contributed by atoms with Gasteiger partial charge in [0.05, 0.1) is 13.0 Å². The molecule has 1 fully saturated rings. The Bertz CT molecular complexity index is 446. The van der Waals surface area contributed by atoms with Gasteiger partial charge in [-0.25, -0.2) is 0 Å². The van der Waals surface area contributed by atoms with Crippen molar-refractivity contribution in [3.8, 4) is 0 Å². The summed E-state index contributed by atoms with van der Waals surface area (Å²) < 4.78 is 4.64. The summed E-state index contributed by atoms with van der Waals surface area (Å²) in [7, 11) is 1.33. The van der Waals surface area contributed by atoms with E-state index in [9.17, 15) is 9.59 Å². The lowest BCUT2D eigenvalue weighted by atomic mass is 10.1. The van der Waals surface area contributed by atoms with Crippen LogP contribution in [0.1, 0.15) is 18.4 Å². The lowest BCUT2D eigenvalue weighted by molar-refractivity contribution is -0.145. The van der Waals surface area contributed by atoms with E-state index in [-0.39, 0.29) is 24.2 Å². The Morgan fingerprint density at radius 3 is 2.94 bits per heavy atom. The molecule has 7 heteroatoms. The van der Waals surface area contributed by atoms with Crippen molar-refractivity contribution in [3.05, 3.63) is 5.01 Å². The van der Waals surface area contributed by atoms with Gasteiger partial charge in [-0.05, 0) is 6.42 Å². The van der Waals surface area contributed by atoms with E-state index in [2.05, 4.69) is 14.9 Å². The first-order valence-electron chi connectivity index (χ1n) is 5.36. The zero-order chi connectivity index (χ0) is 12.4. The number of rotatable bonds is 3. The standard InChI is InChI=1S/C10H13N3O3S/c1-3-7-11-12-10(17-7)13-5-6(4-8(13)14)9(15)16-2/h6H,3-5H2,1-2H3. The molecule has 1 unspecified atom stereocenters. The molecule has 1 saturated heterocycles. The Kier molecular flexibility index (Phi) is 3.37. The first-order chi connectivity index (χ1) is 8.15. The lowest BCUT2D eigenvalue weighted by Crippen LogP contribution is -2.26. The molecule has 1 aromatic rings. The van der Waals surface area contributed by atoms with E-state index in [4.69, 9.17) is 0 Å². The Morgan fingerprint density at radius 2 is 2.35 bits per heavy atom. The quantitative estimate of drug-likeness (QED) is 0.741. The van der Waals surface area contributed by atoms with Crippen molar-refractivity contribution in [2.45, 2.75) is 19.8 Å². The molecule has 0 aliphatic carbocycles. The van der Waals surface area contributed by atoms with Crippen LogP contribution in [0, 0.1) is 5.92 Å². The predicted molar refractivity (Wildman–Crippen MR) is 61.8 cm³/mol. The van der Waals surface area contributed by atoms with Gasteiger partial charge in [-0.2, -0.15) is 0 Å². The van der Waals surface area contributed by atoms with Crippen LogP contribution in [0.4, 0.5) is 5.13 Å². The third-order valence-electron chi connectivity index (χ3n) is 2.65. The fourth-order valence-corrected chi connectivity index (χ4v) is 2.52. The summed E-state index contributed by atoms with van der Waals surface area (Å²) >= 11 is 1.39. The van der Waals surface area contributed by atoms with Crippen molar-refractivity contribution < 1.29 is 14.3 Å². The number of esters is 1. The van der Waals surface area contributed by atoms with E-state index < -0.39 is 0 Å². The van der Waals surface area contributed by atoms with Crippen LogP contribution in [-0.2, 0) is 20.7 Å². The van der Waals surface area contributed by atoms with Gasteiger partial charge in [-0.1, -0.05) is 18.3 Å². The molecule has 0 radical (unpaired) electrons. The highest BCUT2D eigenvalue weighted by molar-refractivity contribution is 7.15. The smallest absolute Gasteiger partial charge is 0.311 e. The van der Waals surface area contributed by atoms with E-state index in [1.165, 1.54) is 23.3 Å². The summed E-state index contributed by atoms with van der Waals surface area (Å²) in [6, 6.07) is 0. The number of aryl methyl sites for hydroxylation is 1. The topological polar surface area (TPSA) is 72.4 Å². The minimum absolute atomic E-state index is 0.0980. The van der Waals surface area contributed by atoms with Crippen molar-refractivity contribution in [3.63, 3.8) is 0 Å². The van der Waals surface area contributed by atoms with Crippen molar-refractivity contribution in [1.29, 1.82) is 0 Å². The molecular weight excluding hydrogens is 242 g/mol. The van der Waals surface area contributed by atoms with Crippen molar-refractivity contribution in [2.75, 3.05) is 18.6 Å². The lowest BCUT2D eigenvalue weighted by Gasteiger charge is -2.10. The second kappa shape index (κ2) is 4.79. The average molecular weight is 255 g/mol. The summed E-state index contributed by atoms with van der Waals surface area (Å²) in [5, 5.41) is 9.37. The summed E-state index contributed by atoms with van der Waals surface area (Å²) in [6.07, 6.45) is 0.980. The molecule has 92 valence electrons. The van der Waals surface area contributed by atoms with E-state index in [1.54, 1.807) is 0 Å². The van der Waals surface area contributed by atoms with E-state index in [0.29, 0.717) is 11.7 Å². The molecular formula is C10H13N3O3S. The minimum Gasteiger partial charge on any atom is -0.469 e. The molecule has 0 N–H and O–H groups in total. The van der Waals surface area contributed by atoms with Crippen LogP contribution in [0.25, 0.3) is 0 Å². The number of hydrogen-bond donors (Lipinski definition) is 0. The SMILES string of the molecule is CCc1nnc(N2CC(C(=O)OC)CC2=O)s1. The number of methoxy groups -OCH3 is 1. The Hall–Kier alpha value is -1.50. The van der Waals surface area contributed by atoms with Crippen LogP contribution in [-0.4, -0.2) is 35.7 Å². The van der Waals surface area contributed by atoms with Gasteiger partial charge in [0.1, 0.15) is 5.01 Å². The normalized spacial score (nSPS) is 19.8. The second-order valence-electron chi connectivity index (χ2n) is 3.76. The summed E-state index contributed by atoms with van der Waals surface area (Å²) in [5.41, 5.74) is 0. The largest absolute Gasteiger partial charge is 0.469 e. The number of nitrogens with zero attached hydrogens (tertiary/aromatic N) is 3. The average Bonchev–Trinajstić information content (AvgIpc) is 2.93. The molecule has 2 heterocycles. The highest BCUT2D eigenvalue weighted by atomic mass is 32.1. The summed E-state index contributed by atoms with van der Waals surface area (Å²) in [5.74, 6) is -0.832. The third-order valence-corrected chi connectivity index (χ3v) is 3.74. The van der Waals surface area contributed by atoms with Crippen LogP contribution in [0.2, 0.25) is 0 Å². The molecule has 1 aliphatic heterocycles. The molecule has 1 aliphatic rings. The van der Waals surface area contributed by atoms with E-state index in [1.807, 2.05) is 6.92 Å². The molecule has 1 amide bonds. The van der Waals surface area contributed by atoms with Gasteiger partial charge in [-0.15, -0.1) is 10.2 Å². The minimum atomic E-state index is -0.388. The third kappa shape index (κ3) is 2.28. The maximum absolute atomic E-state index is 11.8. The summed E-state index contributed by atoms with van der Waals surface area (Å²) in [4.78, 5) is 24.6. The Balaban J connectivity index is 2.12. The van der Waals surface area contributed by atoms with Gasteiger partial charge in [0.15, 0.2) is 0 Å². The van der Waals surface area contributed by atoms with Crippen molar-refractivity contribution in [2.24, 2.45) is 5.92 Å². The van der Waals surface area contributed by atoms with Crippen molar-refractivity contribution in [1.82, 2.24) is 10.2 Å². The van der Waals surface area contributed by atoms with E-state index >= 15 is 0 Å². The van der Waals surface area contributed by atoms with Crippen LogP contribution >= 0.6 is 11.3 Å². The van der Waals surface area contributed by atoms with Crippen LogP contribution in [0.3, 0.4) is 0 Å². The zero-order valence-electron chi connectivity index (χ0n) is 9.67. The molecule has 2 rings (SSSR count). The zero-order valence-corrected chi connectivity index (χ0v) is 10.5. The molecule has 6 nitrogen and oxygen atoms in total. The fourth-order valence-electron chi connectivity index (χ4n) is 1.71. The maximum atomic E-state index is 11.8. The van der Waals surface area contributed by atoms with Gasteiger partial charge >= 0.3 is 5.97 Å². The number of carbonyl (C=O) groups excluding carboxylic acids is 2. The van der Waals surface area contributed by atoms with Gasteiger partial charge in [0.2, 0.25) is 11.0 Å². The first kappa shape index (κ1) is 12.0. The van der Waals surface area contributed by atoms with Gasteiger partial charge < -0.3 is 4.74 Å². The first-order valence-corrected chi connectivity index (χ1v) is 6.18. The number of carbonyl (C=O) groups is 2. The van der Waals surface area contributed by atoms with Gasteiger partial charge in [0.25, 0.3) is 0 Å². The molecule has 17 heavy (non-hydrogen) atoms. The molecule has 0 aromatic carbocycles. The number of amides is 1. The number of ether oxygens (including phenoxy) is 1.